The van der Waals surface area contributed by atoms with Crippen LogP contribution in [0.5, 0.6) is 0 Å². The van der Waals surface area contributed by atoms with Crippen molar-refractivity contribution in [2.75, 3.05) is 29.9 Å². The van der Waals surface area contributed by atoms with E-state index in [1.54, 1.807) is 6.07 Å². The van der Waals surface area contributed by atoms with Gasteiger partial charge in [0, 0.05) is 31.7 Å². The fraction of sp³-hybridized carbons (Fsp3) is 0.333. The molecule has 1 aromatic rings. The zero-order valence-corrected chi connectivity index (χ0v) is 10.3. The van der Waals surface area contributed by atoms with Crippen molar-refractivity contribution in [3.63, 3.8) is 0 Å². The third-order valence-corrected chi connectivity index (χ3v) is 2.77. The third kappa shape index (κ3) is 3.00. The number of rotatable bonds is 4. The van der Waals surface area contributed by atoms with Gasteiger partial charge in [-0.2, -0.15) is 0 Å². The molecule has 1 heterocycles. The second kappa shape index (κ2) is 5.66. The fourth-order valence-electron chi connectivity index (χ4n) is 1.85. The lowest BCUT2D eigenvalue weighted by molar-refractivity contribution is -0.120. The van der Waals surface area contributed by atoms with E-state index in [0.29, 0.717) is 18.8 Å². The molecule has 7 heteroatoms. The molecule has 1 saturated heterocycles. The summed E-state index contributed by atoms with van der Waals surface area (Å²) in [6.07, 6.45) is 0.165. The quantitative estimate of drug-likeness (QED) is 0.746. The molecule has 6 nitrogen and oxygen atoms in total. The summed E-state index contributed by atoms with van der Waals surface area (Å²) in [5, 5.41) is 5.10. The maximum atomic E-state index is 14.0. The molecule has 102 valence electrons. The molecule has 0 atom stereocenters. The number of nitrogens with one attached hydrogen (secondary N) is 2. The monoisotopic (exact) mass is 266 g/mol. The largest absolute Gasteiger partial charge is 0.384 e. The van der Waals surface area contributed by atoms with Gasteiger partial charge in [-0.15, -0.1) is 0 Å². The Bertz CT molecular complexity index is 507. The van der Waals surface area contributed by atoms with Crippen LogP contribution in [-0.2, 0) is 4.79 Å². The molecule has 0 bridgehead atoms. The van der Waals surface area contributed by atoms with Gasteiger partial charge < -0.3 is 11.1 Å². The predicted molar refractivity (Wildman–Crippen MR) is 69.4 cm³/mol. The number of nitrogens with zero attached hydrogens (tertiary/aromatic N) is 1. The summed E-state index contributed by atoms with van der Waals surface area (Å²) < 4.78 is 14.0. The molecule has 0 aliphatic carbocycles. The highest BCUT2D eigenvalue weighted by Crippen LogP contribution is 2.24. The number of urea groups is 1. The summed E-state index contributed by atoms with van der Waals surface area (Å²) in [6, 6.07) is 3.87. The number of benzene rings is 1. The van der Waals surface area contributed by atoms with Gasteiger partial charge in [0.15, 0.2) is 0 Å². The Morgan fingerprint density at radius 1 is 1.42 bits per heavy atom. The molecule has 1 fully saturated rings. The lowest BCUT2D eigenvalue weighted by Gasteiger charge is -2.27. The van der Waals surface area contributed by atoms with Crippen LogP contribution >= 0.6 is 0 Å². The zero-order chi connectivity index (χ0) is 13.8. The smallest absolute Gasteiger partial charge is 0.328 e. The summed E-state index contributed by atoms with van der Waals surface area (Å²) in [4.78, 5) is 23.9. The van der Waals surface area contributed by atoms with Crippen molar-refractivity contribution < 1.29 is 14.0 Å². The first-order valence-electron chi connectivity index (χ1n) is 5.96. The van der Waals surface area contributed by atoms with E-state index in [9.17, 15) is 14.0 Å². The highest BCUT2D eigenvalue weighted by Gasteiger charge is 2.26. The van der Waals surface area contributed by atoms with Gasteiger partial charge >= 0.3 is 6.03 Å². The minimum atomic E-state index is -0.599. The summed E-state index contributed by atoms with van der Waals surface area (Å²) in [5.41, 5.74) is 6.10. The van der Waals surface area contributed by atoms with Crippen LogP contribution in [0.15, 0.2) is 18.2 Å². The second-order valence-electron chi connectivity index (χ2n) is 4.14. The summed E-state index contributed by atoms with van der Waals surface area (Å²) in [6.45, 7) is 1.16. The molecule has 19 heavy (non-hydrogen) atoms. The standard InChI is InChI=1S/C12H15FN4O2/c13-9-7-8(15-5-4-14)1-2-10(9)17-6-3-11(18)16-12(17)19/h1-2,7,15H,3-6,14H2,(H,16,18,19). The highest BCUT2D eigenvalue weighted by atomic mass is 19.1. The van der Waals surface area contributed by atoms with Crippen LogP contribution in [0.2, 0.25) is 0 Å². The summed E-state index contributed by atoms with van der Waals surface area (Å²) in [5.74, 6) is -0.866. The minimum absolute atomic E-state index is 0.156. The van der Waals surface area contributed by atoms with Gasteiger partial charge in [0.2, 0.25) is 5.91 Å². The van der Waals surface area contributed by atoms with Crippen molar-refractivity contribution in [3.8, 4) is 0 Å². The normalized spacial score (nSPS) is 15.4. The van der Waals surface area contributed by atoms with Crippen molar-refractivity contribution in [1.29, 1.82) is 0 Å². The van der Waals surface area contributed by atoms with Crippen molar-refractivity contribution in [2.24, 2.45) is 5.73 Å². The third-order valence-electron chi connectivity index (χ3n) is 2.77. The van der Waals surface area contributed by atoms with Gasteiger partial charge in [-0.25, -0.2) is 9.18 Å². The number of hydrogen-bond acceptors (Lipinski definition) is 4. The van der Waals surface area contributed by atoms with Gasteiger partial charge in [-0.05, 0) is 18.2 Å². The van der Waals surface area contributed by atoms with E-state index in [2.05, 4.69) is 10.6 Å². The molecule has 3 amide bonds. The maximum absolute atomic E-state index is 14.0. The van der Waals surface area contributed by atoms with E-state index < -0.39 is 11.8 Å². The van der Waals surface area contributed by atoms with Gasteiger partial charge in [0.1, 0.15) is 5.82 Å². The summed E-state index contributed by atoms with van der Waals surface area (Å²) >= 11 is 0. The zero-order valence-electron chi connectivity index (χ0n) is 10.3. The molecule has 4 N–H and O–H groups in total. The van der Waals surface area contributed by atoms with E-state index in [4.69, 9.17) is 5.73 Å². The van der Waals surface area contributed by atoms with Gasteiger partial charge in [0.05, 0.1) is 5.69 Å². The first-order valence-corrected chi connectivity index (χ1v) is 5.96. The molecule has 0 radical (unpaired) electrons. The predicted octanol–water partition coefficient (Wildman–Crippen LogP) is 0.643. The molecule has 2 rings (SSSR count). The van der Waals surface area contributed by atoms with Crippen molar-refractivity contribution in [3.05, 3.63) is 24.0 Å². The van der Waals surface area contributed by atoms with E-state index >= 15 is 0 Å². The second-order valence-corrected chi connectivity index (χ2v) is 4.14. The number of anilines is 2. The Labute approximate surface area is 109 Å². The molecule has 0 unspecified atom stereocenters. The average Bonchev–Trinajstić information content (AvgIpc) is 2.37. The summed E-state index contributed by atoms with van der Waals surface area (Å²) in [7, 11) is 0. The van der Waals surface area contributed by atoms with Gasteiger partial charge in [-0.3, -0.25) is 15.0 Å². The van der Waals surface area contributed by atoms with Gasteiger partial charge in [-0.1, -0.05) is 0 Å². The number of carbonyl (C=O) groups excluding carboxylic acids is 2. The first kappa shape index (κ1) is 13.3. The van der Waals surface area contributed by atoms with Crippen LogP contribution in [-0.4, -0.2) is 31.6 Å². The SMILES string of the molecule is NCCNc1ccc(N2CCC(=O)NC2=O)c(F)c1. The van der Waals surface area contributed by atoms with Crippen LogP contribution in [0.1, 0.15) is 6.42 Å². The van der Waals surface area contributed by atoms with E-state index in [0.717, 1.165) is 0 Å². The number of carbonyl (C=O) groups is 2. The van der Waals surface area contributed by atoms with Crippen LogP contribution in [0.25, 0.3) is 0 Å². The number of hydrogen-bond donors (Lipinski definition) is 3. The Balaban J connectivity index is 2.16. The number of halogens is 1. The Kier molecular flexibility index (Phi) is 3.96. The highest BCUT2D eigenvalue weighted by molar-refractivity contribution is 6.05. The van der Waals surface area contributed by atoms with Crippen molar-refractivity contribution >= 4 is 23.3 Å². The van der Waals surface area contributed by atoms with Gasteiger partial charge in [0.25, 0.3) is 0 Å². The molecule has 0 spiro atoms. The Morgan fingerprint density at radius 3 is 2.84 bits per heavy atom. The molecular formula is C12H15FN4O2. The van der Waals surface area contributed by atoms with Crippen LogP contribution in [0.3, 0.4) is 0 Å². The minimum Gasteiger partial charge on any atom is -0.384 e. The number of nitrogens with two attached hydrogens (primary N) is 1. The van der Waals surface area contributed by atoms with E-state index in [1.807, 2.05) is 0 Å². The molecule has 1 aliphatic rings. The van der Waals surface area contributed by atoms with E-state index in [-0.39, 0.29) is 24.6 Å². The number of imide groups is 1. The lowest BCUT2D eigenvalue weighted by atomic mass is 10.2. The molecule has 1 aromatic carbocycles. The number of amides is 3. The topological polar surface area (TPSA) is 87.5 Å². The van der Waals surface area contributed by atoms with Crippen LogP contribution < -0.4 is 21.3 Å². The Hall–Kier alpha value is -2.15. The maximum Gasteiger partial charge on any atom is 0.328 e. The lowest BCUT2D eigenvalue weighted by Crippen LogP contribution is -2.49. The molecule has 1 aliphatic heterocycles. The molecule has 0 aromatic heterocycles. The van der Waals surface area contributed by atoms with Crippen molar-refractivity contribution in [2.45, 2.75) is 6.42 Å². The van der Waals surface area contributed by atoms with Crippen LogP contribution in [0, 0.1) is 5.82 Å². The Morgan fingerprint density at radius 2 is 2.21 bits per heavy atom. The van der Waals surface area contributed by atoms with Crippen LogP contribution in [0.4, 0.5) is 20.6 Å². The van der Waals surface area contributed by atoms with E-state index in [1.165, 1.54) is 17.0 Å². The molecular weight excluding hydrogens is 251 g/mol. The first-order chi connectivity index (χ1) is 9.11. The molecule has 0 saturated carbocycles. The fourth-order valence-corrected chi connectivity index (χ4v) is 1.85. The van der Waals surface area contributed by atoms with Crippen molar-refractivity contribution in [1.82, 2.24) is 5.32 Å². The average molecular weight is 266 g/mol.